The average molecular weight is 338 g/mol. The quantitative estimate of drug-likeness (QED) is 0.808. The van der Waals surface area contributed by atoms with Crippen molar-refractivity contribution in [3.8, 4) is 17.6 Å². The molecule has 0 radical (unpaired) electrons. The largest absolute Gasteiger partial charge is 0.480 e. The molecule has 0 amide bonds. The molecule has 0 unspecified atom stereocenters. The second-order valence-electron chi connectivity index (χ2n) is 5.43. The summed E-state index contributed by atoms with van der Waals surface area (Å²) in [5, 5.41) is 21.5. The van der Waals surface area contributed by atoms with Crippen molar-refractivity contribution in [3.05, 3.63) is 41.0 Å². The van der Waals surface area contributed by atoms with E-state index in [-0.39, 0.29) is 5.88 Å². The number of methoxy groups -OCH3 is 1. The number of ether oxygens (including phenoxy) is 2. The minimum atomic E-state index is 0.273. The van der Waals surface area contributed by atoms with Gasteiger partial charge in [0.05, 0.1) is 43.6 Å². The molecule has 3 heterocycles. The van der Waals surface area contributed by atoms with E-state index in [0.717, 1.165) is 11.3 Å². The van der Waals surface area contributed by atoms with E-state index in [1.807, 2.05) is 0 Å². The first-order chi connectivity index (χ1) is 12.2. The predicted octanol–water partition coefficient (Wildman–Crippen LogP) is 1.21. The Labute approximate surface area is 145 Å². The van der Waals surface area contributed by atoms with Gasteiger partial charge in [-0.3, -0.25) is 0 Å². The molecule has 0 aliphatic carbocycles. The van der Waals surface area contributed by atoms with Crippen LogP contribution >= 0.6 is 0 Å². The summed E-state index contributed by atoms with van der Waals surface area (Å²) in [6.45, 7) is 1.17. The normalized spacial score (nSPS) is 14.3. The number of fused-ring (bicyclic) bond motifs is 1. The fraction of sp³-hybridized carbons (Fsp3) is 0.294. The van der Waals surface area contributed by atoms with Gasteiger partial charge in [0, 0.05) is 30.0 Å². The lowest BCUT2D eigenvalue weighted by Gasteiger charge is -2.08. The van der Waals surface area contributed by atoms with Crippen molar-refractivity contribution in [2.45, 2.75) is 12.8 Å². The molecule has 8 heteroatoms. The molecule has 0 spiro atoms. The topological polar surface area (TPSA) is 123 Å². The number of nitriles is 1. The second kappa shape index (κ2) is 7.15. The van der Waals surface area contributed by atoms with Crippen LogP contribution in [0.25, 0.3) is 11.3 Å². The molecule has 3 rings (SSSR count). The van der Waals surface area contributed by atoms with Gasteiger partial charge < -0.3 is 20.6 Å². The first-order valence-electron chi connectivity index (χ1n) is 7.79. The maximum atomic E-state index is 9.30. The summed E-state index contributed by atoms with van der Waals surface area (Å²) in [4.78, 5) is 4.19. The first kappa shape index (κ1) is 16.7. The van der Waals surface area contributed by atoms with Crippen molar-refractivity contribution < 1.29 is 9.47 Å². The van der Waals surface area contributed by atoms with Gasteiger partial charge in [-0.25, -0.2) is 9.67 Å². The highest BCUT2D eigenvalue weighted by Gasteiger charge is 2.23. The summed E-state index contributed by atoms with van der Waals surface area (Å²) in [5.41, 5.74) is 9.82. The number of rotatable bonds is 4. The van der Waals surface area contributed by atoms with Crippen molar-refractivity contribution in [1.29, 1.82) is 10.7 Å². The van der Waals surface area contributed by atoms with Crippen molar-refractivity contribution >= 4 is 11.8 Å². The Hall–Kier alpha value is -3.18. The molecule has 128 valence electrons. The molecule has 0 bridgehead atoms. The van der Waals surface area contributed by atoms with Crippen LogP contribution in [0.1, 0.15) is 22.5 Å². The maximum absolute atomic E-state index is 9.30. The second-order valence-corrected chi connectivity index (χ2v) is 5.43. The summed E-state index contributed by atoms with van der Waals surface area (Å²) < 4.78 is 12.4. The van der Waals surface area contributed by atoms with Gasteiger partial charge in [-0.2, -0.15) is 10.4 Å². The minimum absolute atomic E-state index is 0.273. The minimum Gasteiger partial charge on any atom is -0.480 e. The van der Waals surface area contributed by atoms with Crippen LogP contribution in [0.3, 0.4) is 0 Å². The number of pyridine rings is 1. The Morgan fingerprint density at radius 1 is 1.48 bits per heavy atom. The molecule has 8 nitrogen and oxygen atoms in total. The van der Waals surface area contributed by atoms with Gasteiger partial charge in [-0.05, 0) is 12.5 Å². The Bertz CT molecular complexity index is 878. The molecule has 25 heavy (non-hydrogen) atoms. The van der Waals surface area contributed by atoms with E-state index in [0.29, 0.717) is 48.6 Å². The fourth-order valence-electron chi connectivity index (χ4n) is 2.89. The molecule has 0 atom stereocenters. The summed E-state index contributed by atoms with van der Waals surface area (Å²) in [5.74, 6) is 0.273. The lowest BCUT2D eigenvalue weighted by atomic mass is 10.0. The Balaban J connectivity index is 2.20. The average Bonchev–Trinajstić information content (AvgIpc) is 2.84. The molecule has 2 aromatic rings. The molecule has 0 saturated carbocycles. The third-order valence-electron chi connectivity index (χ3n) is 4.07. The number of allylic oxidation sites excluding steroid dienone is 1. The van der Waals surface area contributed by atoms with Gasteiger partial charge >= 0.3 is 0 Å². The summed E-state index contributed by atoms with van der Waals surface area (Å²) >= 11 is 0. The maximum Gasteiger partial charge on any atom is 0.231 e. The third kappa shape index (κ3) is 2.97. The monoisotopic (exact) mass is 338 g/mol. The zero-order chi connectivity index (χ0) is 17.8. The smallest absolute Gasteiger partial charge is 0.231 e. The van der Waals surface area contributed by atoms with Crippen LogP contribution in [0.5, 0.6) is 5.88 Å². The fourth-order valence-corrected chi connectivity index (χ4v) is 2.89. The van der Waals surface area contributed by atoms with Crippen LogP contribution in [0.4, 0.5) is 0 Å². The summed E-state index contributed by atoms with van der Waals surface area (Å²) in [7, 11) is 1.47. The molecule has 1 aliphatic heterocycles. The number of nitrogens with zero attached hydrogens (tertiary/aromatic N) is 4. The highest BCUT2D eigenvalue weighted by atomic mass is 16.5. The Morgan fingerprint density at radius 2 is 2.28 bits per heavy atom. The lowest BCUT2D eigenvalue weighted by Crippen LogP contribution is -2.07. The van der Waals surface area contributed by atoms with E-state index < -0.39 is 0 Å². The Morgan fingerprint density at radius 3 is 2.96 bits per heavy atom. The van der Waals surface area contributed by atoms with Crippen LogP contribution in [-0.4, -0.2) is 41.3 Å². The zero-order valence-electron chi connectivity index (χ0n) is 13.8. The number of hydrogen-bond donors (Lipinski definition) is 2. The number of nitrogens with one attached hydrogen (secondary N) is 1. The van der Waals surface area contributed by atoms with Gasteiger partial charge in [0.25, 0.3) is 0 Å². The van der Waals surface area contributed by atoms with E-state index in [1.165, 1.54) is 19.5 Å². The van der Waals surface area contributed by atoms with E-state index in [1.54, 1.807) is 16.9 Å². The number of hydrogen-bond acceptors (Lipinski definition) is 7. The Kier molecular flexibility index (Phi) is 4.77. The van der Waals surface area contributed by atoms with E-state index >= 15 is 0 Å². The van der Waals surface area contributed by atoms with Crippen LogP contribution in [-0.2, 0) is 17.6 Å². The molecule has 0 saturated heterocycles. The predicted molar refractivity (Wildman–Crippen MR) is 91.8 cm³/mol. The van der Waals surface area contributed by atoms with Crippen molar-refractivity contribution in [2.75, 3.05) is 20.3 Å². The van der Waals surface area contributed by atoms with E-state index in [2.05, 4.69) is 16.2 Å². The van der Waals surface area contributed by atoms with Gasteiger partial charge in [0.1, 0.15) is 11.6 Å². The van der Waals surface area contributed by atoms with E-state index in [9.17, 15) is 5.26 Å². The van der Waals surface area contributed by atoms with Crippen LogP contribution in [0, 0.1) is 16.7 Å². The van der Waals surface area contributed by atoms with Gasteiger partial charge in [-0.1, -0.05) is 0 Å². The molecule has 1 aliphatic rings. The lowest BCUT2D eigenvalue weighted by molar-refractivity contribution is 0.145. The highest BCUT2D eigenvalue weighted by Crippen LogP contribution is 2.27. The van der Waals surface area contributed by atoms with Crippen molar-refractivity contribution in [1.82, 2.24) is 14.8 Å². The molecule has 2 aromatic heterocycles. The molecule has 3 N–H and O–H groups in total. The van der Waals surface area contributed by atoms with Crippen LogP contribution in [0.15, 0.2) is 18.5 Å². The van der Waals surface area contributed by atoms with E-state index in [4.69, 9.17) is 20.6 Å². The van der Waals surface area contributed by atoms with Crippen LogP contribution < -0.4 is 10.5 Å². The third-order valence-corrected chi connectivity index (χ3v) is 4.07. The summed E-state index contributed by atoms with van der Waals surface area (Å²) in [6, 6.07) is 3.77. The molecular weight excluding hydrogens is 320 g/mol. The van der Waals surface area contributed by atoms with Gasteiger partial charge in [0.2, 0.25) is 5.88 Å². The van der Waals surface area contributed by atoms with Crippen molar-refractivity contribution in [2.24, 2.45) is 5.73 Å². The SMILES string of the molecule is COc1ncc(-n2nc(/C(C=N)=C/N)c3c2CCOCC3)cc1C#N. The number of nitrogens with two attached hydrogens (primary N) is 1. The van der Waals surface area contributed by atoms with Crippen molar-refractivity contribution in [3.63, 3.8) is 0 Å². The molecular formula is C17H18N6O2. The number of aromatic nitrogens is 3. The highest BCUT2D eigenvalue weighted by molar-refractivity contribution is 6.07. The van der Waals surface area contributed by atoms with Gasteiger partial charge in [0.15, 0.2) is 0 Å². The molecule has 0 fully saturated rings. The van der Waals surface area contributed by atoms with Gasteiger partial charge in [-0.15, -0.1) is 0 Å². The van der Waals surface area contributed by atoms with Crippen LogP contribution in [0.2, 0.25) is 0 Å². The summed E-state index contributed by atoms with van der Waals surface area (Å²) in [6.07, 6.45) is 5.53. The molecule has 0 aromatic carbocycles. The zero-order valence-corrected chi connectivity index (χ0v) is 13.8. The first-order valence-corrected chi connectivity index (χ1v) is 7.79. The standard InChI is InChI=1S/C17H18N6O2/c1-24-17-11(7-18)6-13(10-21-17)23-15-3-5-25-4-2-14(15)16(22-23)12(8-19)9-20/h6,8-10,19H,2-5,20H2,1H3/b12-9+,19-8?.